The molecule has 0 bridgehead atoms. The Hall–Kier alpha value is -0.820. The zero-order valence-electron chi connectivity index (χ0n) is 10.0. The van der Waals surface area contributed by atoms with Crippen LogP contribution in [0.3, 0.4) is 0 Å². The first-order valence-corrected chi connectivity index (χ1v) is 5.83. The van der Waals surface area contributed by atoms with E-state index in [0.29, 0.717) is 5.92 Å². The second kappa shape index (κ2) is 5.92. The Morgan fingerprint density at radius 1 is 1.27 bits per heavy atom. The Kier molecular flexibility index (Phi) is 4.83. The van der Waals surface area contributed by atoms with Crippen LogP contribution in [0.5, 0.6) is 0 Å². The van der Waals surface area contributed by atoms with Gasteiger partial charge in [-0.1, -0.05) is 36.8 Å². The Morgan fingerprint density at radius 3 is 2.60 bits per heavy atom. The number of aliphatic hydroxyl groups is 1. The molecule has 2 atom stereocenters. The lowest BCUT2D eigenvalue weighted by Crippen LogP contribution is -2.12. The third kappa shape index (κ3) is 4.48. The predicted molar refractivity (Wildman–Crippen MR) is 65.0 cm³/mol. The Labute approximate surface area is 93.1 Å². The third-order valence-corrected chi connectivity index (χ3v) is 3.03. The van der Waals surface area contributed by atoms with Crippen molar-refractivity contribution in [1.29, 1.82) is 0 Å². The molecule has 0 spiro atoms. The Bertz CT molecular complexity index is 291. The summed E-state index contributed by atoms with van der Waals surface area (Å²) < 4.78 is 0. The molecule has 0 saturated heterocycles. The first kappa shape index (κ1) is 12.3. The van der Waals surface area contributed by atoms with Gasteiger partial charge in [0.05, 0.1) is 6.10 Å². The van der Waals surface area contributed by atoms with Crippen LogP contribution in [0.25, 0.3) is 0 Å². The van der Waals surface area contributed by atoms with Crippen LogP contribution in [0.2, 0.25) is 0 Å². The maximum atomic E-state index is 9.36. The average molecular weight is 206 g/mol. The van der Waals surface area contributed by atoms with E-state index in [1.807, 2.05) is 6.92 Å². The van der Waals surface area contributed by atoms with E-state index in [4.69, 9.17) is 0 Å². The summed E-state index contributed by atoms with van der Waals surface area (Å²) in [6.45, 7) is 6.11. The SMILES string of the molecule is Cc1cccc(CCCC(C)C(C)O)c1. The lowest BCUT2D eigenvalue weighted by atomic mass is 9.97. The van der Waals surface area contributed by atoms with E-state index in [-0.39, 0.29) is 6.10 Å². The second-order valence-corrected chi connectivity index (χ2v) is 4.60. The first-order chi connectivity index (χ1) is 7.09. The highest BCUT2D eigenvalue weighted by molar-refractivity contribution is 5.22. The first-order valence-electron chi connectivity index (χ1n) is 5.83. The monoisotopic (exact) mass is 206 g/mol. The zero-order valence-corrected chi connectivity index (χ0v) is 10.0. The van der Waals surface area contributed by atoms with Crippen molar-refractivity contribution in [2.45, 2.75) is 46.1 Å². The molecule has 1 aromatic rings. The van der Waals surface area contributed by atoms with Crippen molar-refractivity contribution < 1.29 is 5.11 Å². The number of rotatable bonds is 5. The van der Waals surface area contributed by atoms with Gasteiger partial charge in [-0.05, 0) is 44.6 Å². The fourth-order valence-electron chi connectivity index (χ4n) is 1.74. The van der Waals surface area contributed by atoms with Gasteiger partial charge >= 0.3 is 0 Å². The summed E-state index contributed by atoms with van der Waals surface area (Å²) in [5.41, 5.74) is 2.74. The maximum absolute atomic E-state index is 9.36. The summed E-state index contributed by atoms with van der Waals surface area (Å²) in [6.07, 6.45) is 3.21. The molecule has 0 aliphatic rings. The quantitative estimate of drug-likeness (QED) is 0.783. The summed E-state index contributed by atoms with van der Waals surface area (Å²) >= 11 is 0. The minimum absolute atomic E-state index is 0.178. The number of hydrogen-bond donors (Lipinski definition) is 1. The van der Waals surface area contributed by atoms with Gasteiger partial charge in [-0.25, -0.2) is 0 Å². The van der Waals surface area contributed by atoms with Crippen molar-refractivity contribution in [3.8, 4) is 0 Å². The third-order valence-electron chi connectivity index (χ3n) is 3.03. The van der Waals surface area contributed by atoms with E-state index in [2.05, 4.69) is 38.1 Å². The van der Waals surface area contributed by atoms with Crippen LogP contribution in [-0.4, -0.2) is 11.2 Å². The summed E-state index contributed by atoms with van der Waals surface area (Å²) in [7, 11) is 0. The minimum Gasteiger partial charge on any atom is -0.393 e. The molecular formula is C14H22O. The lowest BCUT2D eigenvalue weighted by Gasteiger charge is -2.13. The van der Waals surface area contributed by atoms with Gasteiger partial charge in [-0.15, -0.1) is 0 Å². The van der Waals surface area contributed by atoms with Gasteiger partial charge in [0.15, 0.2) is 0 Å². The van der Waals surface area contributed by atoms with Crippen LogP contribution in [0.15, 0.2) is 24.3 Å². The number of hydrogen-bond acceptors (Lipinski definition) is 1. The molecule has 0 amide bonds. The standard InChI is InChI=1S/C14H22O/c1-11-6-4-8-14(10-11)9-5-7-12(2)13(3)15/h4,6,8,10,12-13,15H,5,7,9H2,1-3H3. The molecule has 1 heteroatoms. The number of aryl methyl sites for hydroxylation is 2. The van der Waals surface area contributed by atoms with Crippen LogP contribution < -0.4 is 0 Å². The molecule has 0 aliphatic carbocycles. The molecule has 2 unspecified atom stereocenters. The van der Waals surface area contributed by atoms with Crippen molar-refractivity contribution >= 4 is 0 Å². The molecular weight excluding hydrogens is 184 g/mol. The van der Waals surface area contributed by atoms with Gasteiger partial charge in [-0.3, -0.25) is 0 Å². The smallest absolute Gasteiger partial charge is 0.0537 e. The molecule has 1 aromatic carbocycles. The highest BCUT2D eigenvalue weighted by Gasteiger charge is 2.07. The fraction of sp³-hybridized carbons (Fsp3) is 0.571. The molecule has 0 heterocycles. The van der Waals surface area contributed by atoms with Gasteiger partial charge in [0.25, 0.3) is 0 Å². The Morgan fingerprint density at radius 2 is 2.00 bits per heavy atom. The molecule has 0 aliphatic heterocycles. The largest absolute Gasteiger partial charge is 0.393 e. The van der Waals surface area contributed by atoms with Gasteiger partial charge in [0.2, 0.25) is 0 Å². The van der Waals surface area contributed by atoms with Crippen LogP contribution >= 0.6 is 0 Å². The summed E-state index contributed by atoms with van der Waals surface area (Å²) in [5.74, 6) is 0.412. The van der Waals surface area contributed by atoms with Crippen molar-refractivity contribution in [2.75, 3.05) is 0 Å². The molecule has 15 heavy (non-hydrogen) atoms. The molecule has 0 saturated carbocycles. The van der Waals surface area contributed by atoms with Crippen molar-refractivity contribution in [2.24, 2.45) is 5.92 Å². The van der Waals surface area contributed by atoms with Crippen molar-refractivity contribution in [1.82, 2.24) is 0 Å². The molecule has 0 radical (unpaired) electrons. The molecule has 1 N–H and O–H groups in total. The van der Waals surface area contributed by atoms with Crippen LogP contribution in [-0.2, 0) is 6.42 Å². The summed E-state index contributed by atoms with van der Waals surface area (Å²) in [4.78, 5) is 0. The molecule has 0 fully saturated rings. The summed E-state index contributed by atoms with van der Waals surface area (Å²) in [5, 5.41) is 9.36. The normalized spacial score (nSPS) is 14.9. The molecule has 1 nitrogen and oxygen atoms in total. The lowest BCUT2D eigenvalue weighted by molar-refractivity contribution is 0.129. The van der Waals surface area contributed by atoms with Crippen LogP contribution in [0, 0.1) is 12.8 Å². The van der Waals surface area contributed by atoms with E-state index >= 15 is 0 Å². The van der Waals surface area contributed by atoms with E-state index in [1.165, 1.54) is 11.1 Å². The van der Waals surface area contributed by atoms with E-state index in [0.717, 1.165) is 19.3 Å². The van der Waals surface area contributed by atoms with Gasteiger partial charge in [0, 0.05) is 0 Å². The predicted octanol–water partition coefficient (Wildman–Crippen LogP) is 3.33. The number of benzene rings is 1. The maximum Gasteiger partial charge on any atom is 0.0537 e. The molecule has 1 rings (SSSR count). The fourth-order valence-corrected chi connectivity index (χ4v) is 1.74. The van der Waals surface area contributed by atoms with E-state index in [9.17, 15) is 5.11 Å². The summed E-state index contributed by atoms with van der Waals surface area (Å²) in [6, 6.07) is 8.66. The molecule has 0 aromatic heterocycles. The topological polar surface area (TPSA) is 20.2 Å². The Balaban J connectivity index is 2.32. The van der Waals surface area contributed by atoms with E-state index in [1.54, 1.807) is 0 Å². The molecule has 84 valence electrons. The van der Waals surface area contributed by atoms with Crippen molar-refractivity contribution in [3.63, 3.8) is 0 Å². The van der Waals surface area contributed by atoms with Gasteiger partial charge < -0.3 is 5.11 Å². The zero-order chi connectivity index (χ0) is 11.3. The highest BCUT2D eigenvalue weighted by atomic mass is 16.3. The van der Waals surface area contributed by atoms with Crippen LogP contribution in [0.4, 0.5) is 0 Å². The van der Waals surface area contributed by atoms with E-state index < -0.39 is 0 Å². The second-order valence-electron chi connectivity index (χ2n) is 4.60. The van der Waals surface area contributed by atoms with Gasteiger partial charge in [-0.2, -0.15) is 0 Å². The minimum atomic E-state index is -0.178. The number of aliphatic hydroxyl groups excluding tert-OH is 1. The highest BCUT2D eigenvalue weighted by Crippen LogP contribution is 2.14. The van der Waals surface area contributed by atoms with Crippen LogP contribution in [0.1, 0.15) is 37.8 Å². The van der Waals surface area contributed by atoms with Crippen molar-refractivity contribution in [3.05, 3.63) is 35.4 Å². The average Bonchev–Trinajstić information content (AvgIpc) is 2.17. The van der Waals surface area contributed by atoms with Gasteiger partial charge in [0.1, 0.15) is 0 Å².